The molecule has 6 nitrogen and oxygen atoms in total. The highest BCUT2D eigenvalue weighted by atomic mass is 16.4. The van der Waals surface area contributed by atoms with Crippen molar-refractivity contribution in [1.29, 1.82) is 0 Å². The number of hydrogen-bond acceptors (Lipinski definition) is 5. The Labute approximate surface area is 125 Å². The van der Waals surface area contributed by atoms with Crippen LogP contribution >= 0.6 is 0 Å². The maximum Gasteiger partial charge on any atom is 0.230 e. The van der Waals surface area contributed by atoms with E-state index in [0.29, 0.717) is 18.3 Å². The van der Waals surface area contributed by atoms with Crippen molar-refractivity contribution >= 4 is 0 Å². The minimum Gasteiger partial charge on any atom is -0.424 e. The van der Waals surface area contributed by atoms with E-state index < -0.39 is 0 Å². The Hall–Kier alpha value is -1.69. The van der Waals surface area contributed by atoms with Crippen LogP contribution in [0.4, 0.5) is 0 Å². The van der Waals surface area contributed by atoms with Gasteiger partial charge in [-0.05, 0) is 34.6 Å². The number of nitrogens with one attached hydrogen (secondary N) is 1. The van der Waals surface area contributed by atoms with Crippen molar-refractivity contribution in [3.8, 4) is 0 Å². The van der Waals surface area contributed by atoms with Crippen LogP contribution in [0.25, 0.3) is 0 Å². The maximum atomic E-state index is 5.50. The zero-order valence-corrected chi connectivity index (χ0v) is 13.8. The zero-order valence-electron chi connectivity index (χ0n) is 13.8. The molecule has 1 atom stereocenters. The molecular formula is C15H25N5O. The lowest BCUT2D eigenvalue weighted by Crippen LogP contribution is -2.22. The molecule has 0 bridgehead atoms. The van der Waals surface area contributed by atoms with Gasteiger partial charge >= 0.3 is 0 Å². The molecule has 21 heavy (non-hydrogen) atoms. The van der Waals surface area contributed by atoms with Gasteiger partial charge in [0.15, 0.2) is 0 Å². The minimum absolute atomic E-state index is 0.00869. The van der Waals surface area contributed by atoms with Crippen molar-refractivity contribution in [1.82, 2.24) is 25.3 Å². The van der Waals surface area contributed by atoms with Crippen LogP contribution in [-0.2, 0) is 18.5 Å². The normalized spacial score (nSPS) is 13.6. The summed E-state index contributed by atoms with van der Waals surface area (Å²) in [4.78, 5) is 0. The van der Waals surface area contributed by atoms with E-state index in [1.54, 1.807) is 0 Å². The smallest absolute Gasteiger partial charge is 0.230 e. The van der Waals surface area contributed by atoms with Crippen molar-refractivity contribution in [2.45, 2.75) is 66.1 Å². The Morgan fingerprint density at radius 1 is 1.29 bits per heavy atom. The Bertz CT molecular complexity index is 593. The SMILES string of the molecule is CCc1nnc(CN[C@H](C)c2cn(C(C)(C)C)nc2C)o1. The number of nitrogens with zero attached hydrogens (tertiary/aromatic N) is 4. The van der Waals surface area contributed by atoms with E-state index in [1.165, 1.54) is 5.56 Å². The van der Waals surface area contributed by atoms with E-state index in [1.807, 2.05) is 18.5 Å². The van der Waals surface area contributed by atoms with Gasteiger partial charge in [0.25, 0.3) is 0 Å². The van der Waals surface area contributed by atoms with Gasteiger partial charge in [0.1, 0.15) is 0 Å². The van der Waals surface area contributed by atoms with Gasteiger partial charge in [0, 0.05) is 24.2 Å². The van der Waals surface area contributed by atoms with Crippen molar-refractivity contribution in [2.24, 2.45) is 0 Å². The first kappa shape index (κ1) is 15.7. The van der Waals surface area contributed by atoms with Crippen LogP contribution in [0.15, 0.2) is 10.6 Å². The topological polar surface area (TPSA) is 68.8 Å². The Morgan fingerprint density at radius 2 is 1.95 bits per heavy atom. The van der Waals surface area contributed by atoms with Crippen molar-refractivity contribution in [3.05, 3.63) is 29.2 Å². The van der Waals surface area contributed by atoms with Crippen LogP contribution in [0.3, 0.4) is 0 Å². The van der Waals surface area contributed by atoms with Crippen LogP contribution in [0.2, 0.25) is 0 Å². The quantitative estimate of drug-likeness (QED) is 0.917. The summed E-state index contributed by atoms with van der Waals surface area (Å²) < 4.78 is 7.51. The lowest BCUT2D eigenvalue weighted by Gasteiger charge is -2.19. The first-order valence-corrected chi connectivity index (χ1v) is 7.42. The largest absolute Gasteiger partial charge is 0.424 e. The fourth-order valence-electron chi connectivity index (χ4n) is 2.10. The molecule has 1 N–H and O–H groups in total. The summed E-state index contributed by atoms with van der Waals surface area (Å²) in [6, 6.07) is 0.179. The number of hydrogen-bond donors (Lipinski definition) is 1. The van der Waals surface area contributed by atoms with Crippen molar-refractivity contribution in [3.63, 3.8) is 0 Å². The Kier molecular flexibility index (Phi) is 4.46. The molecule has 0 aliphatic rings. The molecule has 0 fully saturated rings. The molecule has 2 aromatic rings. The molecule has 6 heteroatoms. The van der Waals surface area contributed by atoms with Gasteiger partial charge in [-0.1, -0.05) is 6.92 Å². The summed E-state index contributed by atoms with van der Waals surface area (Å²) in [5.41, 5.74) is 2.23. The Morgan fingerprint density at radius 3 is 2.48 bits per heavy atom. The summed E-state index contributed by atoms with van der Waals surface area (Å²) in [5.74, 6) is 1.30. The van der Waals surface area contributed by atoms with Crippen LogP contribution in [0, 0.1) is 6.92 Å². The number of rotatable bonds is 5. The molecule has 2 heterocycles. The molecule has 0 unspecified atom stereocenters. The van der Waals surface area contributed by atoms with E-state index >= 15 is 0 Å². The highest BCUT2D eigenvalue weighted by molar-refractivity contribution is 5.20. The molecule has 116 valence electrons. The molecule has 0 amide bonds. The highest BCUT2D eigenvalue weighted by Gasteiger charge is 2.19. The van der Waals surface area contributed by atoms with Crippen LogP contribution in [-0.4, -0.2) is 20.0 Å². The second kappa shape index (κ2) is 5.97. The molecule has 0 spiro atoms. The molecule has 2 aromatic heterocycles. The van der Waals surface area contributed by atoms with Gasteiger partial charge < -0.3 is 9.73 Å². The average molecular weight is 291 g/mol. The molecule has 0 saturated carbocycles. The predicted octanol–water partition coefficient (Wildman–Crippen LogP) is 2.74. The molecule has 0 aliphatic carbocycles. The fraction of sp³-hybridized carbons (Fsp3) is 0.667. The van der Waals surface area contributed by atoms with Crippen LogP contribution in [0.1, 0.15) is 63.7 Å². The average Bonchev–Trinajstić information content (AvgIpc) is 3.01. The van der Waals surface area contributed by atoms with Gasteiger partial charge in [-0.25, -0.2) is 0 Å². The van der Waals surface area contributed by atoms with E-state index in [4.69, 9.17) is 4.42 Å². The van der Waals surface area contributed by atoms with E-state index in [9.17, 15) is 0 Å². The molecule has 0 aliphatic heterocycles. The first-order valence-electron chi connectivity index (χ1n) is 7.42. The van der Waals surface area contributed by atoms with E-state index in [0.717, 1.165) is 12.1 Å². The molecule has 0 radical (unpaired) electrons. The van der Waals surface area contributed by atoms with Crippen LogP contribution < -0.4 is 5.32 Å². The van der Waals surface area contributed by atoms with Gasteiger partial charge in [-0.3, -0.25) is 4.68 Å². The first-order chi connectivity index (χ1) is 9.81. The minimum atomic E-state index is -0.00869. The monoisotopic (exact) mass is 291 g/mol. The van der Waals surface area contributed by atoms with Gasteiger partial charge in [-0.15, -0.1) is 10.2 Å². The summed E-state index contributed by atoms with van der Waals surface area (Å²) in [7, 11) is 0. The number of aryl methyl sites for hydroxylation is 2. The van der Waals surface area contributed by atoms with E-state index in [2.05, 4.69) is 54.5 Å². The third-order valence-corrected chi connectivity index (χ3v) is 3.46. The summed E-state index contributed by atoms with van der Waals surface area (Å²) in [6.45, 7) is 13.2. The molecule has 0 aromatic carbocycles. The van der Waals surface area contributed by atoms with Gasteiger partial charge in [0.05, 0.1) is 17.8 Å². The highest BCUT2D eigenvalue weighted by Crippen LogP contribution is 2.21. The van der Waals surface area contributed by atoms with Gasteiger partial charge in [0.2, 0.25) is 11.8 Å². The summed E-state index contributed by atoms with van der Waals surface area (Å²) in [5, 5.41) is 16.0. The molecule has 0 saturated heterocycles. The number of aromatic nitrogens is 4. The van der Waals surface area contributed by atoms with E-state index in [-0.39, 0.29) is 11.6 Å². The van der Waals surface area contributed by atoms with Crippen LogP contribution in [0.5, 0.6) is 0 Å². The zero-order chi connectivity index (χ0) is 15.6. The lowest BCUT2D eigenvalue weighted by molar-refractivity contribution is 0.353. The Balaban J connectivity index is 2.03. The fourth-order valence-corrected chi connectivity index (χ4v) is 2.10. The summed E-state index contributed by atoms with van der Waals surface area (Å²) >= 11 is 0. The summed E-state index contributed by atoms with van der Waals surface area (Å²) in [6.07, 6.45) is 2.87. The van der Waals surface area contributed by atoms with Crippen molar-refractivity contribution in [2.75, 3.05) is 0 Å². The third kappa shape index (κ3) is 3.69. The van der Waals surface area contributed by atoms with Gasteiger partial charge in [-0.2, -0.15) is 5.10 Å². The standard InChI is InChI=1S/C15H25N5O/c1-7-13-17-18-14(21-13)8-16-10(2)12-9-20(15(4,5)6)19-11(12)3/h9-10,16H,7-8H2,1-6H3/t10-/m1/s1. The second-order valence-electron chi connectivity index (χ2n) is 6.33. The lowest BCUT2D eigenvalue weighted by atomic mass is 10.1. The second-order valence-corrected chi connectivity index (χ2v) is 6.33. The third-order valence-electron chi connectivity index (χ3n) is 3.46. The molecular weight excluding hydrogens is 266 g/mol. The predicted molar refractivity (Wildman–Crippen MR) is 80.9 cm³/mol. The molecule has 2 rings (SSSR count). The maximum absolute atomic E-state index is 5.50. The van der Waals surface area contributed by atoms with Crippen molar-refractivity contribution < 1.29 is 4.42 Å².